The third-order valence-electron chi connectivity index (χ3n) is 3.05. The van der Waals surface area contributed by atoms with E-state index in [1.165, 1.54) is 17.0 Å². The standard InChI is InChI=1S/C13H24N2O/c1-5-15-10(2)8-13(12(15)4)9-14-7-6-11(3)16/h8,11,14,16H,5-7,9H2,1-4H3. The number of nitrogens with one attached hydrogen (secondary N) is 1. The maximum Gasteiger partial charge on any atom is 0.0524 e. The Hall–Kier alpha value is -0.800. The Balaban J connectivity index is 2.48. The minimum Gasteiger partial charge on any atom is -0.393 e. The number of aliphatic hydroxyl groups is 1. The van der Waals surface area contributed by atoms with Gasteiger partial charge in [-0.1, -0.05) is 0 Å². The van der Waals surface area contributed by atoms with Crippen LogP contribution in [0.5, 0.6) is 0 Å². The molecule has 0 saturated carbocycles. The van der Waals surface area contributed by atoms with Crippen LogP contribution < -0.4 is 5.32 Å². The summed E-state index contributed by atoms with van der Waals surface area (Å²) in [5.74, 6) is 0. The van der Waals surface area contributed by atoms with Gasteiger partial charge in [-0.05, 0) is 52.3 Å². The van der Waals surface area contributed by atoms with Crippen molar-refractivity contribution in [2.45, 2.75) is 53.3 Å². The number of nitrogens with zero attached hydrogens (tertiary/aromatic N) is 1. The second-order valence-corrected chi connectivity index (χ2v) is 4.46. The number of aryl methyl sites for hydroxylation is 1. The van der Waals surface area contributed by atoms with E-state index in [4.69, 9.17) is 5.11 Å². The van der Waals surface area contributed by atoms with Crippen molar-refractivity contribution in [2.24, 2.45) is 0 Å². The molecule has 0 saturated heterocycles. The van der Waals surface area contributed by atoms with E-state index >= 15 is 0 Å². The lowest BCUT2D eigenvalue weighted by atomic mass is 10.2. The van der Waals surface area contributed by atoms with Crippen LogP contribution >= 0.6 is 0 Å². The molecule has 0 aliphatic carbocycles. The smallest absolute Gasteiger partial charge is 0.0524 e. The van der Waals surface area contributed by atoms with Crippen molar-refractivity contribution >= 4 is 0 Å². The van der Waals surface area contributed by atoms with Gasteiger partial charge in [0, 0.05) is 24.5 Å². The second-order valence-electron chi connectivity index (χ2n) is 4.46. The fourth-order valence-electron chi connectivity index (χ4n) is 2.07. The maximum absolute atomic E-state index is 9.15. The molecule has 1 aromatic rings. The Kier molecular flexibility index (Phi) is 5.03. The highest BCUT2D eigenvalue weighted by atomic mass is 16.3. The first kappa shape index (κ1) is 13.3. The summed E-state index contributed by atoms with van der Waals surface area (Å²) in [6.07, 6.45) is 0.600. The summed E-state index contributed by atoms with van der Waals surface area (Å²) in [7, 11) is 0. The van der Waals surface area contributed by atoms with Gasteiger partial charge in [0.2, 0.25) is 0 Å². The van der Waals surface area contributed by atoms with Crippen LogP contribution in [0, 0.1) is 13.8 Å². The van der Waals surface area contributed by atoms with Crippen LogP contribution in [0.4, 0.5) is 0 Å². The molecule has 0 fully saturated rings. The molecule has 0 aliphatic rings. The molecule has 1 atom stereocenters. The predicted molar refractivity (Wildman–Crippen MR) is 67.6 cm³/mol. The second kappa shape index (κ2) is 6.06. The van der Waals surface area contributed by atoms with Gasteiger partial charge in [-0.25, -0.2) is 0 Å². The fourth-order valence-corrected chi connectivity index (χ4v) is 2.07. The van der Waals surface area contributed by atoms with E-state index in [1.54, 1.807) is 0 Å². The third kappa shape index (κ3) is 3.35. The highest BCUT2D eigenvalue weighted by molar-refractivity contribution is 5.26. The van der Waals surface area contributed by atoms with Gasteiger partial charge in [0.1, 0.15) is 0 Å². The van der Waals surface area contributed by atoms with Crippen LogP contribution in [-0.2, 0) is 13.1 Å². The average Bonchev–Trinajstić information content (AvgIpc) is 2.48. The third-order valence-corrected chi connectivity index (χ3v) is 3.05. The summed E-state index contributed by atoms with van der Waals surface area (Å²) in [6, 6.07) is 2.24. The molecule has 3 nitrogen and oxygen atoms in total. The number of rotatable bonds is 6. The van der Waals surface area contributed by atoms with Crippen LogP contribution in [0.25, 0.3) is 0 Å². The Morgan fingerprint density at radius 2 is 2.12 bits per heavy atom. The molecule has 0 radical (unpaired) electrons. The van der Waals surface area contributed by atoms with Gasteiger partial charge in [0.25, 0.3) is 0 Å². The molecule has 1 unspecified atom stereocenters. The first-order valence-corrected chi connectivity index (χ1v) is 6.10. The highest BCUT2D eigenvalue weighted by Crippen LogP contribution is 2.14. The van der Waals surface area contributed by atoms with Gasteiger partial charge in [-0.2, -0.15) is 0 Å². The molecule has 3 heteroatoms. The van der Waals surface area contributed by atoms with Crippen molar-refractivity contribution in [3.05, 3.63) is 23.0 Å². The number of hydrogen-bond donors (Lipinski definition) is 2. The normalized spacial score (nSPS) is 13.1. The van der Waals surface area contributed by atoms with Gasteiger partial charge >= 0.3 is 0 Å². The topological polar surface area (TPSA) is 37.2 Å². The lowest BCUT2D eigenvalue weighted by molar-refractivity contribution is 0.183. The molecule has 0 bridgehead atoms. The van der Waals surface area contributed by atoms with E-state index in [0.29, 0.717) is 0 Å². The highest BCUT2D eigenvalue weighted by Gasteiger charge is 2.06. The molecule has 0 aromatic carbocycles. The Morgan fingerprint density at radius 3 is 2.62 bits per heavy atom. The van der Waals surface area contributed by atoms with Crippen LogP contribution in [0.3, 0.4) is 0 Å². The molecule has 1 heterocycles. The van der Waals surface area contributed by atoms with Crippen molar-refractivity contribution in [1.29, 1.82) is 0 Å². The largest absolute Gasteiger partial charge is 0.393 e. The van der Waals surface area contributed by atoms with E-state index in [1.807, 2.05) is 6.92 Å². The fraction of sp³-hybridized carbons (Fsp3) is 0.692. The summed E-state index contributed by atoms with van der Waals surface area (Å²) in [6.45, 7) is 11.1. The Morgan fingerprint density at radius 1 is 1.44 bits per heavy atom. The maximum atomic E-state index is 9.15. The lowest BCUT2D eigenvalue weighted by Crippen LogP contribution is -2.18. The first-order valence-electron chi connectivity index (χ1n) is 6.10. The summed E-state index contributed by atoms with van der Waals surface area (Å²) < 4.78 is 2.33. The van der Waals surface area contributed by atoms with Crippen molar-refractivity contribution < 1.29 is 5.11 Å². The summed E-state index contributed by atoms with van der Waals surface area (Å²) in [5, 5.41) is 12.5. The van der Waals surface area contributed by atoms with Crippen LogP contribution in [0.2, 0.25) is 0 Å². The first-order chi connectivity index (χ1) is 7.56. The zero-order valence-electron chi connectivity index (χ0n) is 10.9. The van der Waals surface area contributed by atoms with Crippen molar-refractivity contribution in [3.8, 4) is 0 Å². The summed E-state index contributed by atoms with van der Waals surface area (Å²) in [4.78, 5) is 0. The van der Waals surface area contributed by atoms with Crippen molar-refractivity contribution in [2.75, 3.05) is 6.54 Å². The van der Waals surface area contributed by atoms with Crippen molar-refractivity contribution in [1.82, 2.24) is 9.88 Å². The molecule has 16 heavy (non-hydrogen) atoms. The average molecular weight is 224 g/mol. The molecule has 1 rings (SSSR count). The summed E-state index contributed by atoms with van der Waals surface area (Å²) in [5.41, 5.74) is 4.04. The van der Waals surface area contributed by atoms with Gasteiger partial charge in [-0.3, -0.25) is 0 Å². The van der Waals surface area contributed by atoms with Crippen LogP contribution in [0.1, 0.15) is 37.2 Å². The number of aromatic nitrogens is 1. The zero-order chi connectivity index (χ0) is 12.1. The molecule has 0 amide bonds. The van der Waals surface area contributed by atoms with E-state index in [2.05, 4.69) is 36.7 Å². The minimum absolute atomic E-state index is 0.212. The van der Waals surface area contributed by atoms with Gasteiger partial charge in [-0.15, -0.1) is 0 Å². The van der Waals surface area contributed by atoms with E-state index in [-0.39, 0.29) is 6.10 Å². The Bertz CT molecular complexity index is 329. The minimum atomic E-state index is -0.212. The molecular formula is C13H24N2O. The molecule has 1 aromatic heterocycles. The number of aliphatic hydroxyl groups excluding tert-OH is 1. The van der Waals surface area contributed by atoms with E-state index < -0.39 is 0 Å². The SMILES string of the molecule is CCn1c(C)cc(CNCCC(C)O)c1C. The van der Waals surface area contributed by atoms with Gasteiger partial charge in [0.15, 0.2) is 0 Å². The van der Waals surface area contributed by atoms with Crippen LogP contribution in [-0.4, -0.2) is 22.3 Å². The molecule has 2 N–H and O–H groups in total. The van der Waals surface area contributed by atoms with Gasteiger partial charge in [0.05, 0.1) is 6.10 Å². The van der Waals surface area contributed by atoms with E-state index in [0.717, 1.165) is 26.1 Å². The molecule has 92 valence electrons. The predicted octanol–water partition coefficient (Wildman–Crippen LogP) is 1.99. The van der Waals surface area contributed by atoms with E-state index in [9.17, 15) is 0 Å². The van der Waals surface area contributed by atoms with Gasteiger partial charge < -0.3 is 15.0 Å². The monoisotopic (exact) mass is 224 g/mol. The molecular weight excluding hydrogens is 200 g/mol. The molecule has 0 aliphatic heterocycles. The lowest BCUT2D eigenvalue weighted by Gasteiger charge is -2.08. The summed E-state index contributed by atoms with van der Waals surface area (Å²) >= 11 is 0. The molecule has 0 spiro atoms. The quantitative estimate of drug-likeness (QED) is 0.725. The zero-order valence-corrected chi connectivity index (χ0v) is 10.9. The van der Waals surface area contributed by atoms with Crippen LogP contribution in [0.15, 0.2) is 6.07 Å². The van der Waals surface area contributed by atoms with Crippen molar-refractivity contribution in [3.63, 3.8) is 0 Å². The number of hydrogen-bond acceptors (Lipinski definition) is 2. The Labute approximate surface area is 98.5 Å².